The van der Waals surface area contributed by atoms with Gasteiger partial charge in [-0.25, -0.2) is 0 Å². The number of carbonyl (C=O) groups excluding carboxylic acids is 1. The molecule has 3 aliphatic heterocycles. The topological polar surface area (TPSA) is 45.6 Å². The van der Waals surface area contributed by atoms with E-state index in [2.05, 4.69) is 10.6 Å². The molecular formula is C15H30N3O+. The number of nitrogens with one attached hydrogen (secondary N) is 3. The zero-order chi connectivity index (χ0) is 13.6. The highest BCUT2D eigenvalue weighted by molar-refractivity contribution is 5.76. The molecule has 4 nitrogen and oxygen atoms in total. The fourth-order valence-corrected chi connectivity index (χ4v) is 3.66. The number of fused-ring (bicyclic) bond motifs is 1. The molecule has 2 atom stereocenters. The molecule has 0 aromatic heterocycles. The van der Waals surface area contributed by atoms with Crippen LogP contribution in [0.15, 0.2) is 0 Å². The van der Waals surface area contributed by atoms with Gasteiger partial charge < -0.3 is 15.5 Å². The number of rotatable bonds is 2. The Bertz CT molecular complexity index is 275. The molecule has 0 bridgehead atoms. The molecule has 0 radical (unpaired) electrons. The summed E-state index contributed by atoms with van der Waals surface area (Å²) in [6, 6.07) is 0. The predicted octanol–water partition coefficient (Wildman–Crippen LogP) is 0.0937. The maximum absolute atomic E-state index is 11.2. The molecule has 0 aromatic rings. The summed E-state index contributed by atoms with van der Waals surface area (Å²) in [5.41, 5.74) is 0.361. The highest BCUT2D eigenvalue weighted by Gasteiger charge is 2.53. The first-order valence-corrected chi connectivity index (χ1v) is 8.03. The molecule has 3 rings (SSSR count). The molecule has 0 spiro atoms. The van der Waals surface area contributed by atoms with Crippen LogP contribution in [0.3, 0.4) is 0 Å². The Labute approximate surface area is 117 Å². The lowest BCUT2D eigenvalue weighted by atomic mass is 9.82. The van der Waals surface area contributed by atoms with E-state index in [9.17, 15) is 4.79 Å². The summed E-state index contributed by atoms with van der Waals surface area (Å²) in [5, 5.41) is 6.07. The maximum atomic E-state index is 11.2. The van der Waals surface area contributed by atoms with E-state index >= 15 is 0 Å². The molecule has 0 aromatic carbocycles. The third-order valence-corrected chi connectivity index (χ3v) is 5.02. The molecule has 3 heterocycles. The standard InChI is InChI=1S/C9H16N2O.C6H13N/c1-10-8(12)7-9-3-2-5-11(9)6-4-9;1-2-4-6-7-5-3-1/h2-7H2,1H3,(H,10,12);7H,1-6H2/p+1. The van der Waals surface area contributed by atoms with E-state index in [1.165, 1.54) is 71.1 Å². The fourth-order valence-electron chi connectivity index (χ4n) is 3.66. The van der Waals surface area contributed by atoms with Gasteiger partial charge in [0.2, 0.25) is 5.91 Å². The van der Waals surface area contributed by atoms with Crippen LogP contribution in [0.1, 0.15) is 51.4 Å². The predicted molar refractivity (Wildman–Crippen MR) is 77.3 cm³/mol. The van der Waals surface area contributed by atoms with Crippen molar-refractivity contribution in [3.05, 3.63) is 0 Å². The van der Waals surface area contributed by atoms with Crippen LogP contribution < -0.4 is 15.5 Å². The molecule has 0 aliphatic carbocycles. The average molecular weight is 268 g/mol. The second-order valence-electron chi connectivity index (χ2n) is 6.25. The van der Waals surface area contributed by atoms with Crippen molar-refractivity contribution in [1.82, 2.24) is 10.6 Å². The molecular weight excluding hydrogens is 238 g/mol. The lowest BCUT2D eigenvalue weighted by molar-refractivity contribution is -0.982. The third-order valence-electron chi connectivity index (χ3n) is 5.02. The van der Waals surface area contributed by atoms with Gasteiger partial charge in [0.05, 0.1) is 25.9 Å². The molecule has 3 fully saturated rings. The molecule has 4 heteroatoms. The summed E-state index contributed by atoms with van der Waals surface area (Å²) >= 11 is 0. The van der Waals surface area contributed by atoms with Gasteiger partial charge in [0.1, 0.15) is 5.54 Å². The van der Waals surface area contributed by atoms with Crippen molar-refractivity contribution in [3.63, 3.8) is 0 Å². The van der Waals surface area contributed by atoms with E-state index in [-0.39, 0.29) is 5.91 Å². The van der Waals surface area contributed by atoms with Crippen molar-refractivity contribution in [1.29, 1.82) is 0 Å². The van der Waals surface area contributed by atoms with Gasteiger partial charge in [-0.05, 0) is 25.9 Å². The lowest BCUT2D eigenvalue weighted by Crippen LogP contribution is -3.24. The number of amides is 1. The molecule has 2 unspecified atom stereocenters. The van der Waals surface area contributed by atoms with Gasteiger partial charge in [-0.1, -0.05) is 12.8 Å². The Morgan fingerprint density at radius 2 is 1.84 bits per heavy atom. The van der Waals surface area contributed by atoms with E-state index < -0.39 is 0 Å². The molecule has 1 amide bonds. The first-order valence-electron chi connectivity index (χ1n) is 8.03. The Balaban J connectivity index is 0.000000163. The Morgan fingerprint density at radius 1 is 1.11 bits per heavy atom. The quantitative estimate of drug-likeness (QED) is 0.665. The summed E-state index contributed by atoms with van der Waals surface area (Å²) < 4.78 is 0. The molecule has 19 heavy (non-hydrogen) atoms. The minimum atomic E-state index is 0.217. The van der Waals surface area contributed by atoms with Gasteiger partial charge in [0, 0.05) is 19.9 Å². The fraction of sp³-hybridized carbons (Fsp3) is 0.933. The van der Waals surface area contributed by atoms with Crippen LogP contribution in [0.5, 0.6) is 0 Å². The average Bonchev–Trinajstić information content (AvgIpc) is 2.68. The summed E-state index contributed by atoms with van der Waals surface area (Å²) in [7, 11) is 1.73. The Morgan fingerprint density at radius 3 is 2.37 bits per heavy atom. The van der Waals surface area contributed by atoms with Crippen molar-refractivity contribution in [2.24, 2.45) is 0 Å². The molecule has 3 saturated heterocycles. The van der Waals surface area contributed by atoms with Crippen LogP contribution in [-0.2, 0) is 4.79 Å². The molecule has 3 N–H and O–H groups in total. The van der Waals surface area contributed by atoms with Crippen LogP contribution in [0, 0.1) is 0 Å². The summed E-state index contributed by atoms with van der Waals surface area (Å²) in [5.74, 6) is 0.217. The summed E-state index contributed by atoms with van der Waals surface area (Å²) in [4.78, 5) is 12.9. The van der Waals surface area contributed by atoms with Gasteiger partial charge >= 0.3 is 0 Å². The van der Waals surface area contributed by atoms with Gasteiger partial charge in [-0.2, -0.15) is 0 Å². The van der Waals surface area contributed by atoms with E-state index in [1.807, 2.05) is 0 Å². The summed E-state index contributed by atoms with van der Waals surface area (Å²) in [6.07, 6.45) is 10.2. The normalized spacial score (nSPS) is 33.2. The molecule has 3 aliphatic rings. The zero-order valence-corrected chi connectivity index (χ0v) is 12.4. The van der Waals surface area contributed by atoms with Crippen LogP contribution in [-0.4, -0.2) is 44.7 Å². The number of carbonyl (C=O) groups is 1. The second kappa shape index (κ2) is 7.25. The van der Waals surface area contributed by atoms with Crippen LogP contribution >= 0.6 is 0 Å². The smallest absolute Gasteiger partial charge is 0.226 e. The van der Waals surface area contributed by atoms with Crippen molar-refractivity contribution in [2.45, 2.75) is 56.9 Å². The van der Waals surface area contributed by atoms with Gasteiger partial charge in [-0.3, -0.25) is 4.79 Å². The van der Waals surface area contributed by atoms with Crippen LogP contribution in [0.25, 0.3) is 0 Å². The number of hydrogen-bond acceptors (Lipinski definition) is 2. The maximum Gasteiger partial charge on any atom is 0.226 e. The SMILES string of the molecule is C1CCCNCC1.CNC(=O)CC12CCC[NH+]1CC2. The van der Waals surface area contributed by atoms with Crippen molar-refractivity contribution in [3.8, 4) is 0 Å². The first-order chi connectivity index (χ1) is 9.27. The highest BCUT2D eigenvalue weighted by atomic mass is 16.1. The van der Waals surface area contributed by atoms with Gasteiger partial charge in [-0.15, -0.1) is 0 Å². The third kappa shape index (κ3) is 3.93. The second-order valence-corrected chi connectivity index (χ2v) is 6.25. The zero-order valence-electron chi connectivity index (χ0n) is 12.4. The van der Waals surface area contributed by atoms with Crippen LogP contribution in [0.4, 0.5) is 0 Å². The van der Waals surface area contributed by atoms with Crippen LogP contribution in [0.2, 0.25) is 0 Å². The largest absolute Gasteiger partial charge is 0.359 e. The number of quaternary nitrogens is 1. The van der Waals surface area contributed by atoms with Crippen molar-refractivity contribution in [2.75, 3.05) is 33.2 Å². The first kappa shape index (κ1) is 14.8. The lowest BCUT2D eigenvalue weighted by Gasteiger charge is -2.43. The Hall–Kier alpha value is -0.610. The van der Waals surface area contributed by atoms with Crippen molar-refractivity contribution < 1.29 is 9.69 Å². The molecule has 0 saturated carbocycles. The van der Waals surface area contributed by atoms with E-state index in [0.717, 1.165) is 6.42 Å². The highest BCUT2D eigenvalue weighted by Crippen LogP contribution is 2.27. The van der Waals surface area contributed by atoms with E-state index in [4.69, 9.17) is 0 Å². The minimum absolute atomic E-state index is 0.217. The molecule has 110 valence electrons. The van der Waals surface area contributed by atoms with Gasteiger partial charge in [0.15, 0.2) is 0 Å². The monoisotopic (exact) mass is 268 g/mol. The van der Waals surface area contributed by atoms with E-state index in [1.54, 1.807) is 11.9 Å². The summed E-state index contributed by atoms with van der Waals surface area (Å²) in [6.45, 7) is 5.08. The minimum Gasteiger partial charge on any atom is -0.359 e. The van der Waals surface area contributed by atoms with Crippen molar-refractivity contribution >= 4 is 5.91 Å². The van der Waals surface area contributed by atoms with E-state index in [0.29, 0.717) is 5.54 Å². The number of hydrogen-bond donors (Lipinski definition) is 3. The Kier molecular flexibility index (Phi) is 5.64. The van der Waals surface area contributed by atoms with Gasteiger partial charge in [0.25, 0.3) is 0 Å².